The molecule has 0 saturated heterocycles. The van der Waals surface area contributed by atoms with Crippen molar-refractivity contribution in [1.82, 2.24) is 4.90 Å². The molecule has 1 amide bonds. The monoisotopic (exact) mass is 421 g/mol. The molecule has 2 aliphatic rings. The van der Waals surface area contributed by atoms with Crippen LogP contribution in [0, 0.1) is 0 Å². The van der Waals surface area contributed by atoms with Crippen molar-refractivity contribution >= 4 is 16.2 Å². The van der Waals surface area contributed by atoms with Crippen LogP contribution in [0.1, 0.15) is 56.2 Å². The van der Waals surface area contributed by atoms with E-state index in [9.17, 15) is 26.4 Å². The van der Waals surface area contributed by atoms with E-state index in [-0.39, 0.29) is 12.1 Å². The molecule has 1 saturated carbocycles. The number of benzene rings is 1. The highest BCUT2D eigenvalue weighted by Gasteiger charge is 2.49. The maximum atomic E-state index is 12.8. The molecule has 0 aromatic heterocycles. The van der Waals surface area contributed by atoms with E-state index >= 15 is 0 Å². The van der Waals surface area contributed by atoms with E-state index in [1.54, 1.807) is 26.8 Å². The van der Waals surface area contributed by atoms with Crippen LogP contribution in [-0.2, 0) is 27.8 Å². The molecule has 0 spiro atoms. The Bertz CT molecular complexity index is 886. The fraction of sp³-hybridized carbons (Fsp3) is 0.611. The van der Waals surface area contributed by atoms with E-state index in [0.29, 0.717) is 18.9 Å². The van der Waals surface area contributed by atoms with Gasteiger partial charge >= 0.3 is 21.7 Å². The lowest BCUT2D eigenvalue weighted by atomic mass is 9.91. The van der Waals surface area contributed by atoms with Gasteiger partial charge in [-0.25, -0.2) is 4.79 Å². The average Bonchev–Trinajstić information content (AvgIpc) is 3.36. The van der Waals surface area contributed by atoms with Crippen molar-refractivity contribution in [3.05, 3.63) is 28.8 Å². The highest BCUT2D eigenvalue weighted by molar-refractivity contribution is 7.88. The maximum absolute atomic E-state index is 12.8. The minimum Gasteiger partial charge on any atom is -0.444 e. The molecular weight excluding hydrogens is 399 g/mol. The van der Waals surface area contributed by atoms with Gasteiger partial charge in [-0.1, -0.05) is 6.07 Å². The Morgan fingerprint density at radius 2 is 1.79 bits per heavy atom. The van der Waals surface area contributed by atoms with Crippen LogP contribution >= 0.6 is 0 Å². The third-order valence-corrected chi connectivity index (χ3v) is 5.52. The molecule has 6 nitrogen and oxygen atoms in total. The first-order valence-corrected chi connectivity index (χ1v) is 10.3. The maximum Gasteiger partial charge on any atom is 0.534 e. The zero-order valence-corrected chi connectivity index (χ0v) is 16.6. The summed E-state index contributed by atoms with van der Waals surface area (Å²) in [5.41, 5.74) is -4.23. The van der Waals surface area contributed by atoms with Gasteiger partial charge < -0.3 is 13.8 Å². The van der Waals surface area contributed by atoms with Crippen molar-refractivity contribution in [2.24, 2.45) is 0 Å². The third kappa shape index (κ3) is 4.37. The standard InChI is InChI=1S/C18H22F3NO5S/c1-17(2,3)26-16(23)22-9-8-13-12(11-4-5-11)6-7-15(14(13)10-22)27-28(24,25)18(19,20)21/h6-7,11H,4-5,8-10H2,1-3H3. The molecular formula is C18H22F3NO5S. The van der Waals surface area contributed by atoms with Crippen LogP contribution in [0.5, 0.6) is 5.75 Å². The molecule has 1 aromatic rings. The van der Waals surface area contributed by atoms with Gasteiger partial charge in [-0.05, 0) is 63.1 Å². The van der Waals surface area contributed by atoms with Crippen LogP contribution in [0.25, 0.3) is 0 Å². The van der Waals surface area contributed by atoms with Crippen LogP contribution in [0.15, 0.2) is 12.1 Å². The van der Waals surface area contributed by atoms with Crippen LogP contribution in [0.3, 0.4) is 0 Å². The fourth-order valence-corrected chi connectivity index (χ4v) is 3.66. The molecule has 0 N–H and O–H groups in total. The molecule has 28 heavy (non-hydrogen) atoms. The number of nitrogens with zero attached hydrogens (tertiary/aromatic N) is 1. The molecule has 1 aliphatic carbocycles. The summed E-state index contributed by atoms with van der Waals surface area (Å²) in [6.07, 6.45) is 1.73. The highest BCUT2D eigenvalue weighted by atomic mass is 32.2. The Balaban J connectivity index is 1.95. The molecule has 156 valence electrons. The normalized spacial score (nSPS) is 17.9. The Morgan fingerprint density at radius 3 is 2.32 bits per heavy atom. The van der Waals surface area contributed by atoms with Crippen molar-refractivity contribution in [1.29, 1.82) is 0 Å². The summed E-state index contributed by atoms with van der Waals surface area (Å²) in [5.74, 6) is -0.0833. The molecule has 1 aliphatic heterocycles. The van der Waals surface area contributed by atoms with Gasteiger partial charge in [0.05, 0.1) is 6.54 Å². The molecule has 1 heterocycles. The van der Waals surface area contributed by atoms with E-state index in [4.69, 9.17) is 4.74 Å². The van der Waals surface area contributed by atoms with Crippen molar-refractivity contribution in [3.63, 3.8) is 0 Å². The van der Waals surface area contributed by atoms with Crippen molar-refractivity contribution < 1.29 is 35.3 Å². The van der Waals surface area contributed by atoms with Crippen molar-refractivity contribution in [2.75, 3.05) is 6.54 Å². The number of alkyl halides is 3. The third-order valence-electron chi connectivity index (χ3n) is 4.56. The Hall–Kier alpha value is -1.97. The van der Waals surface area contributed by atoms with Gasteiger partial charge in [0.15, 0.2) is 0 Å². The lowest BCUT2D eigenvalue weighted by Crippen LogP contribution is -2.40. The second-order valence-electron chi connectivity index (χ2n) is 8.02. The summed E-state index contributed by atoms with van der Waals surface area (Å²) < 4.78 is 71.0. The summed E-state index contributed by atoms with van der Waals surface area (Å²) in [6.45, 7) is 5.37. The van der Waals surface area contributed by atoms with E-state index in [2.05, 4.69) is 4.18 Å². The number of amides is 1. The lowest BCUT2D eigenvalue weighted by molar-refractivity contribution is -0.0500. The van der Waals surface area contributed by atoms with Gasteiger partial charge in [0, 0.05) is 12.1 Å². The van der Waals surface area contributed by atoms with Crippen molar-refractivity contribution in [3.8, 4) is 5.75 Å². The molecule has 1 fully saturated rings. The summed E-state index contributed by atoms with van der Waals surface area (Å²) >= 11 is 0. The van der Waals surface area contributed by atoms with Gasteiger partial charge in [0.1, 0.15) is 11.4 Å². The molecule has 10 heteroatoms. The number of fused-ring (bicyclic) bond motifs is 1. The Kier molecular flexibility index (Phi) is 5.06. The van der Waals surface area contributed by atoms with Crippen LogP contribution in [-0.4, -0.2) is 37.1 Å². The number of carbonyl (C=O) groups excluding carboxylic acids is 1. The zero-order chi connectivity index (χ0) is 20.9. The summed E-state index contributed by atoms with van der Waals surface area (Å²) in [6, 6.07) is 2.87. The summed E-state index contributed by atoms with van der Waals surface area (Å²) in [7, 11) is -5.80. The second-order valence-corrected chi connectivity index (χ2v) is 9.56. The van der Waals surface area contributed by atoms with E-state index < -0.39 is 33.1 Å². The summed E-state index contributed by atoms with van der Waals surface area (Å²) in [4.78, 5) is 13.7. The molecule has 0 atom stereocenters. The topological polar surface area (TPSA) is 72.9 Å². The van der Waals surface area contributed by atoms with Gasteiger partial charge in [-0.2, -0.15) is 21.6 Å². The first-order chi connectivity index (χ1) is 12.8. The van der Waals surface area contributed by atoms with Gasteiger partial charge in [0.2, 0.25) is 0 Å². The van der Waals surface area contributed by atoms with Gasteiger partial charge in [-0.15, -0.1) is 0 Å². The number of hydrogen-bond donors (Lipinski definition) is 0. The Morgan fingerprint density at radius 1 is 1.14 bits per heavy atom. The van der Waals surface area contributed by atoms with Gasteiger partial charge in [-0.3, -0.25) is 0 Å². The molecule has 1 aromatic carbocycles. The average molecular weight is 421 g/mol. The fourth-order valence-electron chi connectivity index (χ4n) is 3.18. The van der Waals surface area contributed by atoms with Crippen LogP contribution in [0.4, 0.5) is 18.0 Å². The largest absolute Gasteiger partial charge is 0.534 e. The van der Waals surface area contributed by atoms with Crippen LogP contribution in [0.2, 0.25) is 0 Å². The second kappa shape index (κ2) is 6.82. The number of hydrogen-bond acceptors (Lipinski definition) is 5. The molecule has 3 rings (SSSR count). The van der Waals surface area contributed by atoms with Crippen molar-refractivity contribution in [2.45, 2.75) is 63.6 Å². The Labute approximate surface area is 161 Å². The molecule has 0 radical (unpaired) electrons. The molecule has 0 bridgehead atoms. The first kappa shape index (κ1) is 20.8. The smallest absolute Gasteiger partial charge is 0.444 e. The molecule has 0 unspecified atom stereocenters. The van der Waals surface area contributed by atoms with Crippen LogP contribution < -0.4 is 4.18 Å². The summed E-state index contributed by atoms with van der Waals surface area (Å²) in [5, 5.41) is 0. The van der Waals surface area contributed by atoms with E-state index in [1.807, 2.05) is 0 Å². The highest BCUT2D eigenvalue weighted by Crippen LogP contribution is 2.45. The minimum absolute atomic E-state index is 0.0759. The number of ether oxygens (including phenoxy) is 1. The predicted molar refractivity (Wildman–Crippen MR) is 94.4 cm³/mol. The lowest BCUT2D eigenvalue weighted by Gasteiger charge is -2.33. The van der Waals surface area contributed by atoms with E-state index in [0.717, 1.165) is 24.0 Å². The van der Waals surface area contributed by atoms with Gasteiger partial charge in [0.25, 0.3) is 0 Å². The number of halogens is 3. The SMILES string of the molecule is CC(C)(C)OC(=O)N1CCc2c(C3CC3)ccc(OS(=O)(=O)C(F)(F)F)c2C1. The zero-order valence-electron chi connectivity index (χ0n) is 15.8. The quantitative estimate of drug-likeness (QED) is 0.543. The first-order valence-electron chi connectivity index (χ1n) is 8.92. The number of rotatable bonds is 3. The minimum atomic E-state index is -5.80. The number of carbonyl (C=O) groups is 1. The van der Waals surface area contributed by atoms with E-state index in [1.165, 1.54) is 11.0 Å². The predicted octanol–water partition coefficient (Wildman–Crippen LogP) is 4.09.